The summed E-state index contributed by atoms with van der Waals surface area (Å²) in [6, 6.07) is 9.94. The number of nitriles is 1. The van der Waals surface area contributed by atoms with Crippen LogP contribution in [0.4, 0.5) is 5.00 Å². The fraction of sp³-hybridized carbons (Fsp3) is 0.235. The highest BCUT2D eigenvalue weighted by Crippen LogP contribution is 2.36. The van der Waals surface area contributed by atoms with Gasteiger partial charge in [-0.1, -0.05) is 12.1 Å². The summed E-state index contributed by atoms with van der Waals surface area (Å²) in [6.45, 7) is 1.76. The number of nitrogens with zero attached hydrogens (tertiary/aromatic N) is 3. The predicted octanol–water partition coefficient (Wildman–Crippen LogP) is 3.47. The highest BCUT2D eigenvalue weighted by atomic mass is 32.1. The van der Waals surface area contributed by atoms with E-state index in [0.29, 0.717) is 15.6 Å². The molecular weight excluding hydrogens is 340 g/mol. The Hall–Kier alpha value is -2.27. The number of likely N-dealkylation sites (N-methyl/N-ethyl adjacent to an activating group) is 1. The molecule has 1 N–H and O–H groups in total. The number of benzene rings is 1. The fourth-order valence-corrected chi connectivity index (χ4v) is 5.00. The molecule has 3 heterocycles. The highest BCUT2D eigenvalue weighted by Gasteiger charge is 2.24. The van der Waals surface area contributed by atoms with Crippen LogP contribution in [0.5, 0.6) is 0 Å². The van der Waals surface area contributed by atoms with Crippen molar-refractivity contribution in [1.29, 1.82) is 5.26 Å². The average Bonchev–Trinajstić information content (AvgIpc) is 3.14. The van der Waals surface area contributed by atoms with Gasteiger partial charge in [0.05, 0.1) is 15.8 Å². The predicted molar refractivity (Wildman–Crippen MR) is 96.6 cm³/mol. The standard InChI is InChI=1S/C17H14N4OS2/c1-21-7-6-10-11(8-18)16(24-14(10)9-21)20-15(22)17-19-12-4-2-3-5-13(12)23-17/h2-5H,6-7,9H2,1H3,(H,20,22). The van der Waals surface area contributed by atoms with Crippen molar-refractivity contribution in [1.82, 2.24) is 9.88 Å². The second-order valence-electron chi connectivity index (χ2n) is 5.75. The number of carbonyl (C=O) groups excluding carboxylic acids is 1. The van der Waals surface area contributed by atoms with Gasteiger partial charge in [-0.15, -0.1) is 22.7 Å². The lowest BCUT2D eigenvalue weighted by molar-refractivity contribution is 0.102. The Morgan fingerprint density at radius 3 is 3.00 bits per heavy atom. The second-order valence-corrected chi connectivity index (χ2v) is 7.88. The maximum atomic E-state index is 12.6. The van der Waals surface area contributed by atoms with Crippen LogP contribution in [0, 0.1) is 11.3 Å². The van der Waals surface area contributed by atoms with E-state index in [9.17, 15) is 10.1 Å². The molecule has 120 valence electrons. The molecule has 0 spiro atoms. The van der Waals surface area contributed by atoms with E-state index >= 15 is 0 Å². The van der Waals surface area contributed by atoms with Gasteiger partial charge >= 0.3 is 0 Å². The number of anilines is 1. The first kappa shape index (κ1) is 15.3. The molecule has 1 aliphatic heterocycles. The van der Waals surface area contributed by atoms with Gasteiger partial charge in [-0.25, -0.2) is 4.98 Å². The van der Waals surface area contributed by atoms with Gasteiger partial charge in [-0.2, -0.15) is 5.26 Å². The van der Waals surface area contributed by atoms with Crippen LogP contribution in [0.3, 0.4) is 0 Å². The van der Waals surface area contributed by atoms with Crippen molar-refractivity contribution < 1.29 is 4.79 Å². The molecule has 24 heavy (non-hydrogen) atoms. The van der Waals surface area contributed by atoms with Gasteiger partial charge in [-0.05, 0) is 31.2 Å². The van der Waals surface area contributed by atoms with Crippen LogP contribution in [0.25, 0.3) is 10.2 Å². The fourth-order valence-electron chi connectivity index (χ4n) is 2.86. The first-order valence-electron chi connectivity index (χ1n) is 7.56. The summed E-state index contributed by atoms with van der Waals surface area (Å²) in [4.78, 5) is 20.3. The summed E-state index contributed by atoms with van der Waals surface area (Å²) in [5, 5.41) is 13.5. The molecule has 4 rings (SSSR count). The zero-order valence-electron chi connectivity index (χ0n) is 13.0. The molecule has 0 radical (unpaired) electrons. The number of carbonyl (C=O) groups is 1. The summed E-state index contributed by atoms with van der Waals surface area (Å²) in [6.07, 6.45) is 0.849. The number of para-hydroxylation sites is 1. The SMILES string of the molecule is CN1CCc2c(sc(NC(=O)c3nc4ccccc4s3)c2C#N)C1. The summed E-state index contributed by atoms with van der Waals surface area (Å²) < 4.78 is 0.982. The second kappa shape index (κ2) is 5.98. The van der Waals surface area contributed by atoms with Crippen molar-refractivity contribution >= 4 is 43.8 Å². The van der Waals surface area contributed by atoms with E-state index in [4.69, 9.17) is 0 Å². The summed E-state index contributed by atoms with van der Waals surface area (Å²) in [7, 11) is 2.06. The minimum atomic E-state index is -0.250. The Morgan fingerprint density at radius 2 is 2.21 bits per heavy atom. The molecule has 2 aromatic heterocycles. The minimum absolute atomic E-state index is 0.250. The number of amides is 1. The van der Waals surface area contributed by atoms with Crippen molar-refractivity contribution in [2.45, 2.75) is 13.0 Å². The van der Waals surface area contributed by atoms with Gasteiger partial charge < -0.3 is 10.2 Å². The topological polar surface area (TPSA) is 69.0 Å². The first-order valence-corrected chi connectivity index (χ1v) is 9.19. The van der Waals surface area contributed by atoms with Gasteiger partial charge in [0.1, 0.15) is 11.1 Å². The van der Waals surface area contributed by atoms with Gasteiger partial charge in [0.25, 0.3) is 5.91 Å². The van der Waals surface area contributed by atoms with E-state index in [0.717, 1.165) is 35.3 Å². The van der Waals surface area contributed by atoms with Gasteiger partial charge in [0, 0.05) is 18.0 Å². The van der Waals surface area contributed by atoms with Crippen molar-refractivity contribution in [3.63, 3.8) is 0 Å². The molecular formula is C17H14N4OS2. The number of fused-ring (bicyclic) bond motifs is 2. The molecule has 1 aromatic carbocycles. The van der Waals surface area contributed by atoms with Crippen LogP contribution in [-0.4, -0.2) is 29.4 Å². The minimum Gasteiger partial charge on any atom is -0.310 e. The van der Waals surface area contributed by atoms with Crippen LogP contribution in [0.1, 0.15) is 25.8 Å². The molecule has 0 atom stereocenters. The van der Waals surface area contributed by atoms with Crippen LogP contribution in [0.15, 0.2) is 24.3 Å². The third-order valence-electron chi connectivity index (χ3n) is 4.07. The normalized spacial score (nSPS) is 14.3. The van der Waals surface area contributed by atoms with E-state index in [1.807, 2.05) is 24.3 Å². The zero-order chi connectivity index (χ0) is 16.7. The molecule has 0 unspecified atom stereocenters. The maximum Gasteiger partial charge on any atom is 0.285 e. The van der Waals surface area contributed by atoms with Crippen LogP contribution in [0.2, 0.25) is 0 Å². The molecule has 5 nitrogen and oxygen atoms in total. The van der Waals surface area contributed by atoms with Crippen molar-refractivity contribution in [3.05, 3.63) is 45.3 Å². The highest BCUT2D eigenvalue weighted by molar-refractivity contribution is 7.20. The number of thiophene rings is 1. The molecule has 1 aliphatic rings. The molecule has 3 aromatic rings. The molecule has 0 aliphatic carbocycles. The first-order chi connectivity index (χ1) is 11.7. The quantitative estimate of drug-likeness (QED) is 0.765. The molecule has 0 saturated heterocycles. The average molecular weight is 354 g/mol. The van der Waals surface area contributed by atoms with Crippen LogP contribution < -0.4 is 5.32 Å². The lowest BCUT2D eigenvalue weighted by Crippen LogP contribution is -2.25. The Kier molecular flexibility index (Phi) is 3.81. The number of thiazole rings is 1. The van der Waals surface area contributed by atoms with E-state index in [1.54, 1.807) is 0 Å². The van der Waals surface area contributed by atoms with E-state index < -0.39 is 0 Å². The number of aromatic nitrogens is 1. The summed E-state index contributed by atoms with van der Waals surface area (Å²) >= 11 is 2.86. The molecule has 0 fully saturated rings. The Bertz CT molecular complexity index is 949. The number of rotatable bonds is 2. The summed E-state index contributed by atoms with van der Waals surface area (Å²) in [5.74, 6) is -0.250. The van der Waals surface area contributed by atoms with E-state index in [2.05, 4.69) is 28.3 Å². The monoisotopic (exact) mass is 354 g/mol. The third-order valence-corrected chi connectivity index (χ3v) is 6.24. The lowest BCUT2D eigenvalue weighted by atomic mass is 10.0. The Morgan fingerprint density at radius 1 is 1.38 bits per heavy atom. The molecule has 7 heteroatoms. The van der Waals surface area contributed by atoms with Gasteiger partial charge in [-0.3, -0.25) is 4.79 Å². The number of hydrogen-bond acceptors (Lipinski definition) is 6. The van der Waals surface area contributed by atoms with Crippen LogP contribution in [-0.2, 0) is 13.0 Å². The zero-order valence-corrected chi connectivity index (χ0v) is 14.6. The molecule has 0 saturated carbocycles. The van der Waals surface area contributed by atoms with E-state index in [1.165, 1.54) is 27.6 Å². The number of hydrogen-bond donors (Lipinski definition) is 1. The van der Waals surface area contributed by atoms with Crippen molar-refractivity contribution in [2.24, 2.45) is 0 Å². The summed E-state index contributed by atoms with van der Waals surface area (Å²) in [5.41, 5.74) is 2.51. The Labute approximate surface area is 147 Å². The van der Waals surface area contributed by atoms with Gasteiger partial charge in [0.15, 0.2) is 5.01 Å². The Balaban J connectivity index is 1.65. The lowest BCUT2D eigenvalue weighted by Gasteiger charge is -2.21. The number of nitrogens with one attached hydrogen (secondary N) is 1. The molecule has 1 amide bonds. The van der Waals surface area contributed by atoms with E-state index in [-0.39, 0.29) is 5.91 Å². The largest absolute Gasteiger partial charge is 0.310 e. The van der Waals surface area contributed by atoms with Crippen molar-refractivity contribution in [2.75, 3.05) is 18.9 Å². The van der Waals surface area contributed by atoms with Gasteiger partial charge in [0.2, 0.25) is 0 Å². The third kappa shape index (κ3) is 2.59. The maximum absolute atomic E-state index is 12.6. The van der Waals surface area contributed by atoms with Crippen LogP contribution >= 0.6 is 22.7 Å². The van der Waals surface area contributed by atoms with Crippen molar-refractivity contribution in [3.8, 4) is 6.07 Å². The smallest absolute Gasteiger partial charge is 0.285 e. The molecule has 0 bridgehead atoms.